The third-order valence-electron chi connectivity index (χ3n) is 8.32. The number of hydrogen-bond donors (Lipinski definition) is 2. The summed E-state index contributed by atoms with van der Waals surface area (Å²) >= 11 is 0. The molecule has 0 radical (unpaired) electrons. The lowest BCUT2D eigenvalue weighted by molar-refractivity contribution is -0.139. The Labute approximate surface area is 289 Å². The molecule has 0 aromatic heterocycles. The summed E-state index contributed by atoms with van der Waals surface area (Å²) in [5.41, 5.74) is 6.03. The molecule has 5 aromatic rings. The van der Waals surface area contributed by atoms with Crippen molar-refractivity contribution in [1.29, 1.82) is 0 Å². The Kier molecular flexibility index (Phi) is 11.0. The van der Waals surface area contributed by atoms with Crippen LogP contribution in [0.3, 0.4) is 0 Å². The van der Waals surface area contributed by atoms with Gasteiger partial charge < -0.3 is 19.7 Å². The number of rotatable bonds is 15. The molecule has 1 aliphatic carbocycles. The quantitative estimate of drug-likeness (QED) is 0.105. The van der Waals surface area contributed by atoms with Crippen LogP contribution in [-0.4, -0.2) is 29.8 Å². The Bertz CT molecular complexity index is 1900. The van der Waals surface area contributed by atoms with Crippen molar-refractivity contribution in [3.63, 3.8) is 0 Å². The SMILES string of the molecule is O=C(NC(Cc1ccc(OP(=O)(OCc2ccccc2)OCc2ccccc2)c(CF)c1)C(=O)O)OCC1c2ccccc2-c2ccccc21. The third-order valence-corrected chi connectivity index (χ3v) is 9.63. The van der Waals surface area contributed by atoms with Crippen LogP contribution in [0.25, 0.3) is 11.1 Å². The van der Waals surface area contributed by atoms with Crippen LogP contribution in [0, 0.1) is 0 Å². The lowest BCUT2D eigenvalue weighted by Crippen LogP contribution is -2.42. The van der Waals surface area contributed by atoms with Gasteiger partial charge in [0, 0.05) is 17.9 Å². The minimum Gasteiger partial charge on any atom is -0.480 e. The van der Waals surface area contributed by atoms with Crippen molar-refractivity contribution in [1.82, 2.24) is 5.32 Å². The minimum atomic E-state index is -4.28. The largest absolute Gasteiger partial charge is 0.530 e. The molecule has 1 amide bonds. The first-order chi connectivity index (χ1) is 24.3. The zero-order valence-corrected chi connectivity index (χ0v) is 27.8. The molecule has 0 saturated carbocycles. The molecule has 9 nitrogen and oxygen atoms in total. The molecule has 5 aromatic carbocycles. The molecule has 0 fully saturated rings. The Morgan fingerprint density at radius 3 is 1.82 bits per heavy atom. The number of halogens is 1. The highest BCUT2D eigenvalue weighted by Crippen LogP contribution is 2.52. The summed E-state index contributed by atoms with van der Waals surface area (Å²) in [6.45, 7) is -1.17. The molecule has 0 bridgehead atoms. The van der Waals surface area contributed by atoms with E-state index < -0.39 is 32.6 Å². The van der Waals surface area contributed by atoms with E-state index in [4.69, 9.17) is 18.3 Å². The summed E-state index contributed by atoms with van der Waals surface area (Å²) in [7, 11) is -4.28. The van der Waals surface area contributed by atoms with E-state index >= 15 is 0 Å². The predicted molar refractivity (Wildman–Crippen MR) is 185 cm³/mol. The van der Waals surface area contributed by atoms with Crippen LogP contribution >= 0.6 is 7.82 Å². The lowest BCUT2D eigenvalue weighted by atomic mass is 9.98. The summed E-state index contributed by atoms with van der Waals surface area (Å²) < 4.78 is 50.8. The Hall–Kier alpha value is -5.28. The number of benzene rings is 5. The first kappa shape index (κ1) is 34.6. The van der Waals surface area contributed by atoms with Gasteiger partial charge in [-0.15, -0.1) is 0 Å². The molecular formula is C39H35FNO8P. The molecule has 0 heterocycles. The number of alkyl halides is 1. The summed E-state index contributed by atoms with van der Waals surface area (Å²) in [5, 5.41) is 12.3. The Balaban J connectivity index is 1.12. The normalized spacial score (nSPS) is 12.8. The van der Waals surface area contributed by atoms with Crippen LogP contribution in [0.5, 0.6) is 5.75 Å². The molecular weight excluding hydrogens is 660 g/mol. The maximum atomic E-state index is 14.4. The molecule has 1 unspecified atom stereocenters. The van der Waals surface area contributed by atoms with Crippen molar-refractivity contribution in [3.8, 4) is 16.9 Å². The lowest BCUT2D eigenvalue weighted by Gasteiger charge is -2.21. The van der Waals surface area contributed by atoms with Crippen molar-refractivity contribution < 1.29 is 42.0 Å². The van der Waals surface area contributed by atoms with Gasteiger partial charge in [0.1, 0.15) is 25.1 Å². The average Bonchev–Trinajstić information content (AvgIpc) is 3.47. The zero-order valence-electron chi connectivity index (χ0n) is 26.9. The van der Waals surface area contributed by atoms with E-state index in [1.54, 1.807) is 24.3 Å². The topological polar surface area (TPSA) is 120 Å². The summed E-state index contributed by atoms with van der Waals surface area (Å²) in [6, 6.07) is 36.7. The van der Waals surface area contributed by atoms with Crippen molar-refractivity contribution in [2.75, 3.05) is 6.61 Å². The molecule has 50 heavy (non-hydrogen) atoms. The van der Waals surface area contributed by atoms with Gasteiger partial charge in [-0.2, -0.15) is 0 Å². The highest BCUT2D eigenvalue weighted by Gasteiger charge is 2.32. The van der Waals surface area contributed by atoms with Gasteiger partial charge in [0.15, 0.2) is 0 Å². The average molecular weight is 696 g/mol. The second-order valence-corrected chi connectivity index (χ2v) is 13.3. The van der Waals surface area contributed by atoms with Gasteiger partial charge in [0.25, 0.3) is 0 Å². The molecule has 1 aliphatic rings. The fourth-order valence-corrected chi connectivity index (χ4v) is 7.05. The first-order valence-electron chi connectivity index (χ1n) is 16.0. The number of carbonyl (C=O) groups is 2. The maximum Gasteiger partial charge on any atom is 0.530 e. The van der Waals surface area contributed by atoms with E-state index in [2.05, 4.69) is 5.32 Å². The molecule has 1 atom stereocenters. The van der Waals surface area contributed by atoms with Gasteiger partial charge >= 0.3 is 19.9 Å². The number of phosphoric ester groups is 1. The number of nitrogens with one attached hydrogen (secondary N) is 1. The number of amides is 1. The number of hydrogen-bond acceptors (Lipinski definition) is 7. The number of carbonyl (C=O) groups excluding carboxylic acids is 1. The standard InChI is InChI=1S/C39H35FNO8P/c40-23-30-21-29(19-20-37(30)49-50(45,47-24-27-11-3-1-4-12-27)48-25-28-13-5-2-6-14-28)22-36(38(42)43)41-39(44)46-26-35-33-17-9-7-15-31(33)32-16-8-10-18-34(32)35/h1-21,35-36H,22-26H2,(H,41,44)(H,42,43). The maximum absolute atomic E-state index is 14.4. The monoisotopic (exact) mass is 695 g/mol. The predicted octanol–water partition coefficient (Wildman–Crippen LogP) is 8.61. The number of aliphatic carboxylic acids is 1. The summed E-state index contributed by atoms with van der Waals surface area (Å²) in [6.07, 6.45) is -1.07. The van der Waals surface area contributed by atoms with Crippen LogP contribution in [0.1, 0.15) is 39.3 Å². The second kappa shape index (κ2) is 16.0. The molecule has 0 aliphatic heterocycles. The van der Waals surface area contributed by atoms with Gasteiger partial charge in [0.2, 0.25) is 0 Å². The Morgan fingerprint density at radius 2 is 1.28 bits per heavy atom. The van der Waals surface area contributed by atoms with E-state index in [1.165, 1.54) is 18.2 Å². The molecule has 2 N–H and O–H groups in total. The number of phosphoric acid groups is 1. The van der Waals surface area contributed by atoms with Gasteiger partial charge in [-0.1, -0.05) is 115 Å². The van der Waals surface area contributed by atoms with E-state index in [0.29, 0.717) is 5.56 Å². The summed E-state index contributed by atoms with van der Waals surface area (Å²) in [5.74, 6) is -1.58. The smallest absolute Gasteiger partial charge is 0.480 e. The fourth-order valence-electron chi connectivity index (χ4n) is 5.84. The van der Waals surface area contributed by atoms with E-state index in [1.807, 2.05) is 84.9 Å². The second-order valence-electron chi connectivity index (χ2n) is 11.7. The van der Waals surface area contributed by atoms with Crippen molar-refractivity contribution in [3.05, 3.63) is 161 Å². The van der Waals surface area contributed by atoms with Gasteiger partial charge in [0.05, 0.1) is 13.2 Å². The van der Waals surface area contributed by atoms with Gasteiger partial charge in [-0.25, -0.2) is 18.5 Å². The number of carboxylic acids is 1. The Morgan fingerprint density at radius 1 is 0.740 bits per heavy atom. The molecule has 6 rings (SSSR count). The molecule has 0 saturated heterocycles. The van der Waals surface area contributed by atoms with Crippen molar-refractivity contribution >= 4 is 19.9 Å². The summed E-state index contributed by atoms with van der Waals surface area (Å²) in [4.78, 5) is 25.0. The highest BCUT2D eigenvalue weighted by molar-refractivity contribution is 7.48. The van der Waals surface area contributed by atoms with Gasteiger partial charge in [-0.3, -0.25) is 9.05 Å². The number of ether oxygens (including phenoxy) is 1. The first-order valence-corrected chi connectivity index (χ1v) is 17.5. The minimum absolute atomic E-state index is 0.000346. The van der Waals surface area contributed by atoms with Crippen molar-refractivity contribution in [2.45, 2.75) is 38.3 Å². The molecule has 256 valence electrons. The third kappa shape index (κ3) is 8.47. The zero-order chi connectivity index (χ0) is 34.9. The van der Waals surface area contributed by atoms with Crippen LogP contribution in [0.15, 0.2) is 127 Å². The fraction of sp³-hybridized carbons (Fsp3) is 0.179. The van der Waals surface area contributed by atoms with Crippen LogP contribution in [-0.2, 0) is 49.5 Å². The number of carboxylic acid groups (broad SMARTS) is 1. The van der Waals surface area contributed by atoms with Crippen LogP contribution < -0.4 is 9.84 Å². The van der Waals surface area contributed by atoms with E-state index in [-0.39, 0.29) is 43.5 Å². The van der Waals surface area contributed by atoms with Crippen molar-refractivity contribution in [2.24, 2.45) is 0 Å². The van der Waals surface area contributed by atoms with E-state index in [0.717, 1.165) is 33.4 Å². The number of alkyl carbamates (subject to hydrolysis) is 1. The van der Waals surface area contributed by atoms with E-state index in [9.17, 15) is 23.7 Å². The van der Waals surface area contributed by atoms with Crippen LogP contribution in [0.4, 0.5) is 9.18 Å². The highest BCUT2D eigenvalue weighted by atomic mass is 31.2. The number of fused-ring (bicyclic) bond motifs is 3. The van der Waals surface area contributed by atoms with Crippen LogP contribution in [0.2, 0.25) is 0 Å². The van der Waals surface area contributed by atoms with Gasteiger partial charge in [-0.05, 0) is 51.1 Å². The molecule has 0 spiro atoms. The molecule has 11 heteroatoms.